The Bertz CT molecular complexity index is 5260. The predicted molar refractivity (Wildman–Crippen MR) is 433 cm³/mol. The number of nitrogens with one attached hydrogen (secondary N) is 5. The van der Waals surface area contributed by atoms with Crippen LogP contribution in [0.5, 0.6) is 0 Å². The second-order valence-electron chi connectivity index (χ2n) is 28.9. The van der Waals surface area contributed by atoms with Crippen LogP contribution < -0.4 is 5.14 Å². The van der Waals surface area contributed by atoms with Gasteiger partial charge in [0.05, 0.1) is 20.9 Å². The zero-order chi connectivity index (χ0) is 76.2. The molecule has 0 aliphatic carbocycles. The fourth-order valence-corrected chi connectivity index (χ4v) is 22.2. The van der Waals surface area contributed by atoms with E-state index in [-0.39, 0.29) is 5.92 Å². The smallest absolute Gasteiger partial charge is 0.281 e. The topological polar surface area (TPSA) is 247 Å². The van der Waals surface area contributed by atoms with Gasteiger partial charge in [-0.2, -0.15) is 34.1 Å². The van der Waals surface area contributed by atoms with Crippen LogP contribution >= 0.6 is 0 Å². The number of hydrogen-bond acceptors (Lipinski definition) is 7. The molecule has 10 aromatic rings. The molecule has 107 heavy (non-hydrogen) atoms. The molecule has 0 spiro atoms. The Kier molecular flexibility index (Phi) is 25.0. The molecule has 3 atom stereocenters. The lowest BCUT2D eigenvalue weighted by molar-refractivity contribution is 0.291. The predicted octanol–water partition coefficient (Wildman–Crippen LogP) is 13.2. The molecule has 29 heteroatoms. The Morgan fingerprint density at radius 2 is 0.804 bits per heavy atom. The van der Waals surface area contributed by atoms with Gasteiger partial charge in [-0.15, -0.1) is 0 Å². The van der Waals surface area contributed by atoms with E-state index in [1.54, 1.807) is 50.7 Å². The number of aromatic nitrogens is 5. The van der Waals surface area contributed by atoms with Crippen LogP contribution in [0.15, 0.2) is 134 Å². The average Bonchev–Trinajstić information content (AvgIpc) is 1.71. The van der Waals surface area contributed by atoms with Crippen LogP contribution in [0.25, 0.3) is 60.1 Å². The van der Waals surface area contributed by atoms with Gasteiger partial charge in [-0.25, -0.2) is 39.8 Å². The summed E-state index contributed by atoms with van der Waals surface area (Å²) in [6, 6.07) is 29.4. The van der Waals surface area contributed by atoms with Crippen molar-refractivity contribution in [2.45, 2.75) is 108 Å². The fourth-order valence-electron chi connectivity index (χ4n) is 16.1. The number of aromatic amines is 5. The monoisotopic (exact) mass is 1570 g/mol. The largest absolute Gasteiger partial charge is 0.361 e. The first kappa shape index (κ1) is 79.5. The number of nitrogens with zero attached hydrogens (tertiary/aromatic N) is 7. The summed E-state index contributed by atoms with van der Waals surface area (Å²) in [4.78, 5) is 15.8. The zero-order valence-corrected chi connectivity index (χ0v) is 65.5. The zero-order valence-electron chi connectivity index (χ0n) is 61.4. The Labute approximate surface area is 628 Å². The van der Waals surface area contributed by atoms with Gasteiger partial charge >= 0.3 is 0 Å². The van der Waals surface area contributed by atoms with E-state index in [0.717, 1.165) is 117 Å². The lowest BCUT2D eigenvalue weighted by atomic mass is 9.90. The Morgan fingerprint density at radius 1 is 0.439 bits per heavy atom. The van der Waals surface area contributed by atoms with E-state index in [1.807, 2.05) is 42.4 Å². The van der Waals surface area contributed by atoms with Gasteiger partial charge in [-0.05, 0) is 170 Å². The third kappa shape index (κ3) is 18.2. The van der Waals surface area contributed by atoms with Crippen molar-refractivity contribution in [2.75, 3.05) is 104 Å². The van der Waals surface area contributed by atoms with E-state index >= 15 is 0 Å². The molecule has 3 unspecified atom stereocenters. The van der Waals surface area contributed by atoms with Gasteiger partial charge in [0.1, 0.15) is 23.3 Å². The highest BCUT2D eigenvalue weighted by atomic mass is 32.2. The molecule has 0 saturated carbocycles. The summed E-state index contributed by atoms with van der Waals surface area (Å²) in [6.07, 6.45) is 24.7. The lowest BCUT2D eigenvalue weighted by Gasteiger charge is -2.34. The van der Waals surface area contributed by atoms with Gasteiger partial charge in [0, 0.05) is 216 Å². The molecule has 16 rings (SSSR count). The van der Waals surface area contributed by atoms with Crippen LogP contribution in [-0.4, -0.2) is 206 Å². The molecule has 11 heterocycles. The molecule has 0 amide bonds. The normalized spacial score (nSPS) is 20.3. The van der Waals surface area contributed by atoms with Gasteiger partial charge in [-0.1, -0.05) is 74.5 Å². The average molecular weight is 1570 g/mol. The van der Waals surface area contributed by atoms with Crippen LogP contribution in [0.3, 0.4) is 0 Å². The van der Waals surface area contributed by atoms with E-state index in [9.17, 15) is 47.0 Å². The van der Waals surface area contributed by atoms with Gasteiger partial charge in [0.15, 0.2) is 0 Å². The molecule has 6 aliphatic heterocycles. The van der Waals surface area contributed by atoms with Gasteiger partial charge in [0.25, 0.3) is 20.4 Å². The number of fused-ring (bicyclic) bond motifs is 5. The minimum atomic E-state index is -3.30. The fraction of sp³-hybridized carbons (Fsp3) is 0.423. The van der Waals surface area contributed by atoms with Gasteiger partial charge < -0.3 is 24.9 Å². The molecular weight excluding hydrogens is 1470 g/mol. The molecule has 0 radical (unpaired) electrons. The van der Waals surface area contributed by atoms with Gasteiger partial charge in [0.2, 0.25) is 0 Å². The summed E-state index contributed by atoms with van der Waals surface area (Å²) in [5.41, 5.74) is 11.1. The molecule has 20 nitrogen and oxygen atoms in total. The molecule has 5 saturated heterocycles. The number of hydrogen-bond donors (Lipinski definition) is 6. The summed E-state index contributed by atoms with van der Waals surface area (Å²) in [5.74, 6) is 10.2. The molecule has 6 aliphatic rings. The standard InChI is InChI=1S/C17H23N3O2S.C17H25N3O2S.C15H18F2N2OS.C15H16F2N2OS.C14H19N3OS/c21-23(22,19-9-3-4-10-19)20-11-7-14(8-12-20)16-13-18-17-6-2-1-5-15(16)17;1-3-19(4-2)23(21,22)20-11-9-14(10-12-20)16-13-18-17-8-6-5-7-15(16)17;2*1-21(2,20)19-5-3-10(4-6-19)12-9-18-14-8-11(16)7-13(17)15(12)14;1-19(15,18)17-8-6-11(7-9-17)13-10-16-14-5-3-2-4-12(13)14/h1-2,5-6,13-14,18H,3-4,7-12H2;5-8,13-14,18H,3-4,9-12H2,1-2H3;7-10,18H,1,3-6H2,2H3;3,7-9,18H,1,4-6H2,2H3;2-5,10-11,16H,1,6-9H2,(H2,15,18). The molecular formula is C78H101F4N13O7S5. The van der Waals surface area contributed by atoms with Crippen LogP contribution in [-0.2, 0) is 49.7 Å². The lowest BCUT2D eigenvalue weighted by Crippen LogP contribution is -2.46. The molecule has 7 N–H and O–H groups in total. The first-order valence-electron chi connectivity index (χ1n) is 36.9. The van der Waals surface area contributed by atoms with Crippen molar-refractivity contribution in [3.63, 3.8) is 0 Å². The summed E-state index contributed by atoms with van der Waals surface area (Å²) in [7, 11) is -13.5. The third-order valence-corrected chi connectivity index (χ3v) is 30.3. The molecule has 0 bridgehead atoms. The maximum atomic E-state index is 14.0. The molecule has 5 fully saturated rings. The highest BCUT2D eigenvalue weighted by Gasteiger charge is 2.37. The number of H-pyrrole nitrogens is 5. The number of rotatable bonds is 14. The maximum Gasteiger partial charge on any atom is 0.281 e. The van der Waals surface area contributed by atoms with Crippen molar-refractivity contribution in [1.82, 2.24) is 55.1 Å². The number of para-hydroxylation sites is 3. The Hall–Kier alpha value is -7.10. The summed E-state index contributed by atoms with van der Waals surface area (Å²) >= 11 is 0. The SMILES string of the molecule is C=S(C)(=O)N1CC=C(c2c[nH]c3cc(F)cc(F)c23)CC1.C=S(C)(=O)N1CCC(c2c[nH]c3cc(F)cc(F)c23)CC1.C=S(N)(=O)N1CCC(c2c[nH]c3ccccc23)CC1.CCN(CC)S(=O)(=O)N1CCC(c2c[nH]c3ccccc23)CC1.O=S(=O)(N1CCCC1)N1CCC(c2c[nH]c3ccccc23)CC1. The van der Waals surface area contributed by atoms with E-state index in [0.29, 0.717) is 125 Å². The minimum absolute atomic E-state index is 0.191. The van der Waals surface area contributed by atoms with E-state index in [2.05, 4.69) is 116 Å². The van der Waals surface area contributed by atoms with Crippen molar-refractivity contribution in [2.24, 2.45) is 5.14 Å². The number of piperidine rings is 4. The van der Waals surface area contributed by atoms with Crippen LogP contribution in [0.1, 0.15) is 136 Å². The minimum Gasteiger partial charge on any atom is -0.361 e. The quantitative estimate of drug-likeness (QED) is 0.0453. The van der Waals surface area contributed by atoms with Crippen molar-refractivity contribution in [1.29, 1.82) is 0 Å². The Balaban J connectivity index is 0.000000125. The molecule has 578 valence electrons. The van der Waals surface area contributed by atoms with Crippen molar-refractivity contribution in [3.8, 4) is 0 Å². The number of nitrogens with two attached hydrogens (primary N) is 1. The van der Waals surface area contributed by atoms with Crippen molar-refractivity contribution < 1.29 is 47.0 Å². The summed E-state index contributed by atoms with van der Waals surface area (Å²) in [6.45, 7) is 12.7. The first-order chi connectivity index (χ1) is 51.0. The molecule has 5 aromatic carbocycles. The maximum absolute atomic E-state index is 14.0. The molecule has 5 aromatic heterocycles. The third-order valence-electron chi connectivity index (χ3n) is 22.0. The van der Waals surface area contributed by atoms with Crippen molar-refractivity contribution in [3.05, 3.63) is 185 Å². The van der Waals surface area contributed by atoms with Gasteiger partial charge in [-0.3, -0.25) is 8.42 Å². The summed E-state index contributed by atoms with van der Waals surface area (Å²) < 4.78 is 153. The van der Waals surface area contributed by atoms with Crippen LogP contribution in [0.2, 0.25) is 0 Å². The van der Waals surface area contributed by atoms with Crippen LogP contribution in [0.4, 0.5) is 17.6 Å². The van der Waals surface area contributed by atoms with Crippen molar-refractivity contribution >= 4 is 127 Å². The second-order valence-corrected chi connectivity index (χ2v) is 39.5. The highest BCUT2D eigenvalue weighted by molar-refractivity contribution is 7.97. The number of halogens is 4. The van der Waals surface area contributed by atoms with E-state index in [4.69, 9.17) is 5.14 Å². The van der Waals surface area contributed by atoms with E-state index in [1.165, 1.54) is 50.5 Å². The van der Waals surface area contributed by atoms with Crippen LogP contribution in [0, 0.1) is 23.3 Å². The Morgan fingerprint density at radius 3 is 1.22 bits per heavy atom. The highest BCUT2D eigenvalue weighted by Crippen LogP contribution is 2.40. The summed E-state index contributed by atoms with van der Waals surface area (Å²) in [5, 5.41) is 10.3. The second kappa shape index (κ2) is 33.6. The van der Waals surface area contributed by atoms with E-state index < -0.39 is 73.0 Å². The number of benzene rings is 5. The first-order valence-corrected chi connectivity index (χ1v) is 45.6.